The van der Waals surface area contributed by atoms with Gasteiger partial charge in [0.15, 0.2) is 11.5 Å². The van der Waals surface area contributed by atoms with Crippen LogP contribution in [-0.4, -0.2) is 35.7 Å². The zero-order valence-electron chi connectivity index (χ0n) is 12.5. The zero-order chi connectivity index (χ0) is 14.5. The Morgan fingerprint density at radius 1 is 1.40 bits per heavy atom. The number of nitrogens with two attached hydrogens (primary N) is 1. The third-order valence-corrected chi connectivity index (χ3v) is 4.13. The Kier molecular flexibility index (Phi) is 5.26. The molecule has 0 spiro atoms. The van der Waals surface area contributed by atoms with Crippen molar-refractivity contribution in [1.82, 2.24) is 4.90 Å². The van der Waals surface area contributed by atoms with E-state index in [4.69, 9.17) is 10.5 Å². The van der Waals surface area contributed by atoms with Crippen LogP contribution in [0, 0.1) is 5.92 Å². The van der Waals surface area contributed by atoms with Crippen molar-refractivity contribution in [2.24, 2.45) is 11.7 Å². The molecule has 0 radical (unpaired) electrons. The fourth-order valence-corrected chi connectivity index (χ4v) is 2.89. The molecule has 1 aromatic rings. The van der Waals surface area contributed by atoms with Crippen LogP contribution in [0.4, 0.5) is 0 Å². The number of hydrogen-bond acceptors (Lipinski definition) is 4. The first-order chi connectivity index (χ1) is 9.63. The molecule has 4 heteroatoms. The van der Waals surface area contributed by atoms with Crippen molar-refractivity contribution >= 4 is 0 Å². The van der Waals surface area contributed by atoms with Crippen molar-refractivity contribution in [3.05, 3.63) is 23.8 Å². The van der Waals surface area contributed by atoms with E-state index in [1.165, 1.54) is 5.56 Å². The second-order valence-corrected chi connectivity index (χ2v) is 5.59. The molecule has 0 aromatic heterocycles. The van der Waals surface area contributed by atoms with Crippen LogP contribution in [0.15, 0.2) is 18.2 Å². The lowest BCUT2D eigenvalue weighted by atomic mass is 9.90. The average molecular weight is 278 g/mol. The van der Waals surface area contributed by atoms with E-state index in [1.807, 2.05) is 19.1 Å². The molecular formula is C16H26N2O2. The fourth-order valence-electron chi connectivity index (χ4n) is 2.89. The molecule has 0 bridgehead atoms. The average Bonchev–Trinajstić information content (AvgIpc) is 2.45. The van der Waals surface area contributed by atoms with Crippen LogP contribution in [0.1, 0.15) is 32.3 Å². The summed E-state index contributed by atoms with van der Waals surface area (Å²) in [6.45, 7) is 7.69. The number of nitrogens with zero attached hydrogens (tertiary/aromatic N) is 1. The van der Waals surface area contributed by atoms with Crippen LogP contribution in [-0.2, 0) is 6.54 Å². The Bertz CT molecular complexity index is 436. The number of hydrogen-bond donors (Lipinski definition) is 2. The minimum absolute atomic E-state index is 0.211. The first kappa shape index (κ1) is 15.1. The number of aromatic hydroxyl groups is 1. The van der Waals surface area contributed by atoms with E-state index in [-0.39, 0.29) is 5.75 Å². The summed E-state index contributed by atoms with van der Waals surface area (Å²) in [5, 5.41) is 9.73. The summed E-state index contributed by atoms with van der Waals surface area (Å²) in [5.74, 6) is 1.38. The van der Waals surface area contributed by atoms with Gasteiger partial charge in [-0.1, -0.05) is 19.4 Å². The molecule has 112 valence electrons. The van der Waals surface area contributed by atoms with Gasteiger partial charge in [0.25, 0.3) is 0 Å². The van der Waals surface area contributed by atoms with Crippen molar-refractivity contribution in [3.63, 3.8) is 0 Å². The van der Waals surface area contributed by atoms with E-state index in [2.05, 4.69) is 11.8 Å². The molecule has 0 aliphatic carbocycles. The summed E-state index contributed by atoms with van der Waals surface area (Å²) in [6, 6.07) is 5.96. The van der Waals surface area contributed by atoms with Crippen molar-refractivity contribution in [2.75, 3.05) is 19.7 Å². The summed E-state index contributed by atoms with van der Waals surface area (Å²) in [5.41, 5.74) is 7.33. The molecule has 1 aliphatic heterocycles. The number of piperidine rings is 1. The van der Waals surface area contributed by atoms with Gasteiger partial charge in [-0.3, -0.25) is 4.90 Å². The molecule has 2 rings (SSSR count). The summed E-state index contributed by atoms with van der Waals surface area (Å²) >= 11 is 0. The third-order valence-electron chi connectivity index (χ3n) is 4.13. The maximum atomic E-state index is 9.73. The predicted octanol–water partition coefficient (Wildman–Crippen LogP) is 2.35. The normalized spacial score (nSPS) is 23.8. The van der Waals surface area contributed by atoms with Gasteiger partial charge in [0.2, 0.25) is 0 Å². The number of phenols is 1. The lowest BCUT2D eigenvalue weighted by Gasteiger charge is -2.36. The molecular weight excluding hydrogens is 252 g/mol. The minimum atomic E-state index is 0.211. The number of rotatable bonds is 5. The Hall–Kier alpha value is -1.26. The molecule has 3 N–H and O–H groups in total. The Labute approximate surface area is 121 Å². The molecule has 2 atom stereocenters. The molecule has 1 saturated heterocycles. The highest BCUT2D eigenvalue weighted by Crippen LogP contribution is 2.28. The predicted molar refractivity (Wildman–Crippen MR) is 80.9 cm³/mol. The Morgan fingerprint density at radius 2 is 2.20 bits per heavy atom. The van der Waals surface area contributed by atoms with Crippen molar-refractivity contribution in [3.8, 4) is 11.5 Å². The van der Waals surface area contributed by atoms with E-state index < -0.39 is 0 Å². The van der Waals surface area contributed by atoms with Gasteiger partial charge >= 0.3 is 0 Å². The lowest BCUT2D eigenvalue weighted by molar-refractivity contribution is 0.145. The molecule has 20 heavy (non-hydrogen) atoms. The molecule has 1 fully saturated rings. The van der Waals surface area contributed by atoms with Crippen molar-refractivity contribution in [1.29, 1.82) is 0 Å². The van der Waals surface area contributed by atoms with E-state index in [9.17, 15) is 5.11 Å². The first-order valence-electron chi connectivity index (χ1n) is 7.56. The number of likely N-dealkylation sites (tertiary alicyclic amines) is 1. The van der Waals surface area contributed by atoms with Gasteiger partial charge in [0.05, 0.1) is 6.61 Å². The molecule has 1 aliphatic rings. The van der Waals surface area contributed by atoms with Crippen molar-refractivity contribution < 1.29 is 9.84 Å². The van der Waals surface area contributed by atoms with Crippen molar-refractivity contribution in [2.45, 2.75) is 39.3 Å². The second kappa shape index (κ2) is 6.95. The Balaban J connectivity index is 2.01. The highest BCUT2D eigenvalue weighted by molar-refractivity contribution is 5.41. The van der Waals surface area contributed by atoms with Gasteiger partial charge in [-0.25, -0.2) is 0 Å². The molecule has 1 heterocycles. The molecule has 2 unspecified atom stereocenters. The SMILES string of the molecule is CCOc1cc(CN2CCC(N)C(CC)C2)ccc1O. The maximum absolute atomic E-state index is 9.73. The van der Waals surface area contributed by atoms with Gasteiger partial charge in [0, 0.05) is 19.1 Å². The molecule has 4 nitrogen and oxygen atoms in total. The van der Waals surface area contributed by atoms with E-state index in [0.29, 0.717) is 24.3 Å². The third kappa shape index (κ3) is 3.64. The van der Waals surface area contributed by atoms with E-state index in [1.54, 1.807) is 6.07 Å². The zero-order valence-corrected chi connectivity index (χ0v) is 12.5. The highest BCUT2D eigenvalue weighted by Gasteiger charge is 2.25. The quantitative estimate of drug-likeness (QED) is 0.868. The molecule has 1 aromatic carbocycles. The number of benzene rings is 1. The molecule has 0 saturated carbocycles. The number of phenolic OH excluding ortho intramolecular Hbond substituents is 1. The largest absolute Gasteiger partial charge is 0.504 e. The van der Waals surface area contributed by atoms with Crippen LogP contribution in [0.2, 0.25) is 0 Å². The summed E-state index contributed by atoms with van der Waals surface area (Å²) in [7, 11) is 0. The number of ether oxygens (including phenoxy) is 1. The Morgan fingerprint density at radius 3 is 2.90 bits per heavy atom. The van der Waals surface area contributed by atoms with Gasteiger partial charge in [-0.05, 0) is 43.5 Å². The summed E-state index contributed by atoms with van der Waals surface area (Å²) < 4.78 is 5.44. The maximum Gasteiger partial charge on any atom is 0.161 e. The van der Waals surface area contributed by atoms with Crippen LogP contribution in [0.5, 0.6) is 11.5 Å². The van der Waals surface area contributed by atoms with Gasteiger partial charge in [-0.2, -0.15) is 0 Å². The van der Waals surface area contributed by atoms with Crippen LogP contribution >= 0.6 is 0 Å². The summed E-state index contributed by atoms with van der Waals surface area (Å²) in [6.07, 6.45) is 2.20. The monoisotopic (exact) mass is 278 g/mol. The lowest BCUT2D eigenvalue weighted by Crippen LogP contribution is -2.46. The van der Waals surface area contributed by atoms with Crippen LogP contribution < -0.4 is 10.5 Å². The first-order valence-corrected chi connectivity index (χ1v) is 7.56. The van der Waals surface area contributed by atoms with Crippen LogP contribution in [0.3, 0.4) is 0 Å². The second-order valence-electron chi connectivity index (χ2n) is 5.59. The summed E-state index contributed by atoms with van der Waals surface area (Å²) in [4.78, 5) is 2.44. The van der Waals surface area contributed by atoms with Gasteiger partial charge in [0.1, 0.15) is 0 Å². The van der Waals surface area contributed by atoms with Gasteiger partial charge < -0.3 is 15.6 Å². The van der Waals surface area contributed by atoms with E-state index >= 15 is 0 Å². The highest BCUT2D eigenvalue weighted by atomic mass is 16.5. The van der Waals surface area contributed by atoms with Gasteiger partial charge in [-0.15, -0.1) is 0 Å². The van der Waals surface area contributed by atoms with E-state index in [0.717, 1.165) is 32.5 Å². The standard InChI is InChI=1S/C16H26N2O2/c1-3-13-11-18(8-7-14(13)17)10-12-5-6-15(19)16(9-12)20-4-2/h5-6,9,13-14,19H,3-4,7-8,10-11,17H2,1-2H3. The fraction of sp³-hybridized carbons (Fsp3) is 0.625. The molecule has 0 amide bonds. The van der Waals surface area contributed by atoms with Crippen LogP contribution in [0.25, 0.3) is 0 Å². The smallest absolute Gasteiger partial charge is 0.161 e. The topological polar surface area (TPSA) is 58.7 Å². The minimum Gasteiger partial charge on any atom is -0.504 e.